The van der Waals surface area contributed by atoms with Crippen molar-refractivity contribution in [2.45, 2.75) is 6.42 Å². The molecule has 0 aromatic carbocycles. The van der Waals surface area contributed by atoms with Crippen molar-refractivity contribution in [2.75, 3.05) is 20.1 Å². The van der Waals surface area contributed by atoms with Crippen LogP contribution < -0.4 is 0 Å². The lowest BCUT2D eigenvalue weighted by atomic mass is 10.1. The van der Waals surface area contributed by atoms with E-state index >= 15 is 0 Å². The number of carbonyl (C=O) groups is 1. The fourth-order valence-corrected chi connectivity index (χ4v) is 0.947. The van der Waals surface area contributed by atoms with E-state index in [9.17, 15) is 4.79 Å². The van der Waals surface area contributed by atoms with Gasteiger partial charge in [0.25, 0.3) is 0 Å². The molecule has 56 valence electrons. The van der Waals surface area contributed by atoms with Crippen LogP contribution in [0.5, 0.6) is 0 Å². The predicted octanol–water partition coefficient (Wildman–Crippen LogP) is -0.279. The second-order valence-corrected chi connectivity index (χ2v) is 2.46. The number of piperidine rings is 1. The standard InChI is InChI=1S/C6H10N2O2/c1-8-3-2-6(9)5(4-8)7-10/h10H,2-4H2,1H3. The van der Waals surface area contributed by atoms with Gasteiger partial charge in [-0.15, -0.1) is 0 Å². The molecule has 0 atom stereocenters. The van der Waals surface area contributed by atoms with Gasteiger partial charge in [-0.05, 0) is 7.05 Å². The Morgan fingerprint density at radius 3 is 2.90 bits per heavy atom. The van der Waals surface area contributed by atoms with E-state index in [4.69, 9.17) is 5.21 Å². The second-order valence-electron chi connectivity index (χ2n) is 2.46. The first-order chi connectivity index (χ1) is 4.74. The van der Waals surface area contributed by atoms with Crippen LogP contribution >= 0.6 is 0 Å². The van der Waals surface area contributed by atoms with Crippen LogP contribution in [0.4, 0.5) is 0 Å². The summed E-state index contributed by atoms with van der Waals surface area (Å²) in [6.07, 6.45) is 0.468. The lowest BCUT2D eigenvalue weighted by Gasteiger charge is -2.20. The van der Waals surface area contributed by atoms with Gasteiger partial charge >= 0.3 is 0 Å². The van der Waals surface area contributed by atoms with Gasteiger partial charge in [0.1, 0.15) is 5.71 Å². The summed E-state index contributed by atoms with van der Waals surface area (Å²) in [5.74, 6) is -0.0411. The van der Waals surface area contributed by atoms with Gasteiger partial charge in [-0.2, -0.15) is 0 Å². The molecule has 10 heavy (non-hydrogen) atoms. The highest BCUT2D eigenvalue weighted by molar-refractivity contribution is 6.41. The molecule has 1 aliphatic rings. The van der Waals surface area contributed by atoms with Crippen molar-refractivity contribution < 1.29 is 10.0 Å². The molecule has 0 bridgehead atoms. The zero-order valence-corrected chi connectivity index (χ0v) is 5.87. The highest BCUT2D eigenvalue weighted by Crippen LogP contribution is 2.00. The van der Waals surface area contributed by atoms with Crippen molar-refractivity contribution >= 4 is 11.5 Å². The minimum absolute atomic E-state index is 0.0411. The summed E-state index contributed by atoms with van der Waals surface area (Å²) in [4.78, 5) is 12.8. The van der Waals surface area contributed by atoms with E-state index in [1.54, 1.807) is 0 Å². The van der Waals surface area contributed by atoms with Crippen LogP contribution in [-0.4, -0.2) is 41.7 Å². The second kappa shape index (κ2) is 2.79. The Hall–Kier alpha value is -0.900. The highest BCUT2D eigenvalue weighted by Gasteiger charge is 2.20. The number of nitrogens with zero attached hydrogens (tertiary/aromatic N) is 2. The first-order valence-electron chi connectivity index (χ1n) is 3.16. The van der Waals surface area contributed by atoms with Gasteiger partial charge in [0.15, 0.2) is 5.78 Å². The van der Waals surface area contributed by atoms with Gasteiger partial charge in [-0.25, -0.2) is 0 Å². The number of rotatable bonds is 0. The molecule has 1 aliphatic heterocycles. The van der Waals surface area contributed by atoms with E-state index in [0.717, 1.165) is 6.54 Å². The molecule has 4 heteroatoms. The number of Topliss-reactive ketones (excluding diaryl/α,β-unsaturated/α-hetero) is 1. The van der Waals surface area contributed by atoms with Gasteiger partial charge in [0, 0.05) is 19.5 Å². The fourth-order valence-electron chi connectivity index (χ4n) is 0.947. The largest absolute Gasteiger partial charge is 0.411 e. The summed E-state index contributed by atoms with van der Waals surface area (Å²) in [7, 11) is 1.89. The number of likely N-dealkylation sites (tertiary alicyclic amines) is 1. The van der Waals surface area contributed by atoms with Crippen LogP contribution in [0.25, 0.3) is 0 Å². The summed E-state index contributed by atoms with van der Waals surface area (Å²) >= 11 is 0. The van der Waals surface area contributed by atoms with Crippen molar-refractivity contribution in [1.82, 2.24) is 4.90 Å². The molecule has 1 N–H and O–H groups in total. The molecule has 1 heterocycles. The van der Waals surface area contributed by atoms with E-state index in [1.165, 1.54) is 0 Å². The predicted molar refractivity (Wildman–Crippen MR) is 36.3 cm³/mol. The van der Waals surface area contributed by atoms with Crippen molar-refractivity contribution in [1.29, 1.82) is 0 Å². The zero-order valence-electron chi connectivity index (χ0n) is 5.87. The summed E-state index contributed by atoms with van der Waals surface area (Å²) in [5, 5.41) is 11.2. The molecule has 0 aromatic rings. The van der Waals surface area contributed by atoms with Gasteiger partial charge < -0.3 is 5.21 Å². The Kier molecular flexibility index (Phi) is 2.01. The lowest BCUT2D eigenvalue weighted by molar-refractivity contribution is -0.114. The Morgan fingerprint density at radius 2 is 2.40 bits per heavy atom. The number of hydrogen-bond acceptors (Lipinski definition) is 4. The normalized spacial score (nSPS) is 25.7. The Morgan fingerprint density at radius 1 is 1.70 bits per heavy atom. The van der Waals surface area contributed by atoms with Crippen molar-refractivity contribution in [3.63, 3.8) is 0 Å². The molecule has 0 spiro atoms. The Labute approximate surface area is 59.1 Å². The molecule has 0 saturated carbocycles. The molecular formula is C6H10N2O2. The molecule has 0 radical (unpaired) electrons. The molecule has 0 aromatic heterocycles. The molecular weight excluding hydrogens is 132 g/mol. The van der Waals surface area contributed by atoms with Crippen molar-refractivity contribution in [3.05, 3.63) is 0 Å². The van der Waals surface area contributed by atoms with E-state index in [2.05, 4.69) is 5.16 Å². The maximum atomic E-state index is 10.9. The minimum Gasteiger partial charge on any atom is -0.411 e. The summed E-state index contributed by atoms with van der Waals surface area (Å²) in [6, 6.07) is 0. The monoisotopic (exact) mass is 142 g/mol. The quantitative estimate of drug-likeness (QED) is 0.374. The highest BCUT2D eigenvalue weighted by atomic mass is 16.4. The van der Waals surface area contributed by atoms with Gasteiger partial charge in [0.05, 0.1) is 0 Å². The topological polar surface area (TPSA) is 52.9 Å². The molecule has 1 rings (SSSR count). The first-order valence-corrected chi connectivity index (χ1v) is 3.16. The lowest BCUT2D eigenvalue weighted by Crippen LogP contribution is -2.38. The van der Waals surface area contributed by atoms with Crippen LogP contribution in [-0.2, 0) is 4.79 Å². The van der Waals surface area contributed by atoms with E-state index < -0.39 is 0 Å². The molecule has 0 aliphatic carbocycles. The molecule has 0 amide bonds. The van der Waals surface area contributed by atoms with Crippen LogP contribution in [0.15, 0.2) is 5.16 Å². The van der Waals surface area contributed by atoms with E-state index in [-0.39, 0.29) is 11.5 Å². The third-order valence-electron chi connectivity index (χ3n) is 1.58. The minimum atomic E-state index is -0.0411. The molecule has 1 fully saturated rings. The average Bonchev–Trinajstić information content (AvgIpc) is 1.94. The van der Waals surface area contributed by atoms with Crippen LogP contribution in [0.3, 0.4) is 0 Å². The maximum Gasteiger partial charge on any atom is 0.183 e. The Bertz CT molecular complexity index is 177. The van der Waals surface area contributed by atoms with Crippen molar-refractivity contribution in [2.24, 2.45) is 5.16 Å². The fraction of sp³-hybridized carbons (Fsp3) is 0.667. The first kappa shape index (κ1) is 7.21. The van der Waals surface area contributed by atoms with Gasteiger partial charge in [-0.1, -0.05) is 5.16 Å². The number of hydrogen-bond donors (Lipinski definition) is 1. The van der Waals surface area contributed by atoms with Gasteiger partial charge in [-0.3, -0.25) is 9.69 Å². The van der Waals surface area contributed by atoms with Gasteiger partial charge in [0.2, 0.25) is 0 Å². The smallest absolute Gasteiger partial charge is 0.183 e. The third-order valence-corrected chi connectivity index (χ3v) is 1.58. The third kappa shape index (κ3) is 1.33. The summed E-state index contributed by atoms with van der Waals surface area (Å²) in [5.41, 5.74) is 0.272. The summed E-state index contributed by atoms with van der Waals surface area (Å²) < 4.78 is 0. The van der Waals surface area contributed by atoms with Crippen LogP contribution in [0.1, 0.15) is 6.42 Å². The zero-order chi connectivity index (χ0) is 7.56. The van der Waals surface area contributed by atoms with E-state index in [1.807, 2.05) is 11.9 Å². The number of oxime groups is 1. The van der Waals surface area contributed by atoms with Crippen molar-refractivity contribution in [3.8, 4) is 0 Å². The van der Waals surface area contributed by atoms with Crippen LogP contribution in [0, 0.1) is 0 Å². The SMILES string of the molecule is CN1CCC(=O)C(=NO)C1. The van der Waals surface area contributed by atoms with Crippen LogP contribution in [0.2, 0.25) is 0 Å². The number of ketones is 1. The number of carbonyl (C=O) groups excluding carboxylic acids is 1. The maximum absolute atomic E-state index is 10.9. The summed E-state index contributed by atoms with van der Waals surface area (Å²) in [6.45, 7) is 1.23. The molecule has 4 nitrogen and oxygen atoms in total. The average molecular weight is 142 g/mol. The molecule has 1 saturated heterocycles. The van der Waals surface area contributed by atoms with E-state index in [0.29, 0.717) is 13.0 Å². The molecule has 0 unspecified atom stereocenters. The Balaban J connectivity index is 2.63.